The van der Waals surface area contributed by atoms with Crippen molar-refractivity contribution in [1.82, 2.24) is 5.32 Å². The first-order valence-corrected chi connectivity index (χ1v) is 23.5. The molecule has 1 amide bonds. The van der Waals surface area contributed by atoms with Gasteiger partial charge >= 0.3 is 0 Å². The second-order valence-corrected chi connectivity index (χ2v) is 16.8. The molecule has 0 bridgehead atoms. The summed E-state index contributed by atoms with van der Waals surface area (Å²) in [4.78, 5) is 12.5. The van der Waals surface area contributed by atoms with Crippen molar-refractivity contribution >= 4 is 16.0 Å². The lowest BCUT2D eigenvalue weighted by molar-refractivity contribution is -0.122. The average molecular weight is 728 g/mol. The molecule has 50 heavy (non-hydrogen) atoms. The van der Waals surface area contributed by atoms with E-state index in [1.807, 2.05) is 6.08 Å². The Bertz CT molecular complexity index is 846. The van der Waals surface area contributed by atoms with Gasteiger partial charge in [0.1, 0.15) is 0 Å². The largest absolute Gasteiger partial charge is 0.387 e. The maximum absolute atomic E-state index is 12.5. The maximum Gasteiger partial charge on any atom is 0.267 e. The first-order valence-electron chi connectivity index (χ1n) is 21.9. The molecule has 298 valence electrons. The van der Waals surface area contributed by atoms with Crippen LogP contribution in [-0.4, -0.2) is 41.9 Å². The zero-order chi connectivity index (χ0) is 36.8. The van der Waals surface area contributed by atoms with Crippen LogP contribution in [0.15, 0.2) is 12.2 Å². The van der Waals surface area contributed by atoms with Crippen molar-refractivity contribution in [3.63, 3.8) is 0 Å². The highest BCUT2D eigenvalue weighted by Crippen LogP contribution is 2.16. The Hall–Kier alpha value is -0.920. The summed E-state index contributed by atoms with van der Waals surface area (Å²) in [7, 11) is -4.34. The summed E-state index contributed by atoms with van der Waals surface area (Å²) in [6.07, 6.45) is 46.4. The van der Waals surface area contributed by atoms with E-state index in [1.165, 1.54) is 180 Å². The minimum absolute atomic E-state index is 0.273. The molecule has 0 rings (SSSR count). The Morgan fingerprint density at radius 3 is 1.14 bits per heavy atom. The molecule has 7 heteroatoms. The molecule has 3 N–H and O–H groups in total. The number of carbonyl (C=O) groups is 1. The highest BCUT2D eigenvalue weighted by atomic mass is 32.2. The highest BCUT2D eigenvalue weighted by molar-refractivity contribution is 7.85. The van der Waals surface area contributed by atoms with Crippen LogP contribution in [0.3, 0.4) is 0 Å². The van der Waals surface area contributed by atoms with Gasteiger partial charge in [-0.3, -0.25) is 9.35 Å². The molecule has 2 atom stereocenters. The van der Waals surface area contributed by atoms with Gasteiger partial charge in [0.15, 0.2) is 0 Å². The molecule has 0 fully saturated rings. The third-order valence-electron chi connectivity index (χ3n) is 10.2. The van der Waals surface area contributed by atoms with E-state index in [9.17, 15) is 22.9 Å². The van der Waals surface area contributed by atoms with Crippen molar-refractivity contribution in [3.8, 4) is 0 Å². The molecule has 6 nitrogen and oxygen atoms in total. The highest BCUT2D eigenvalue weighted by Gasteiger charge is 2.24. The number of aliphatic hydroxyl groups excluding tert-OH is 1. The van der Waals surface area contributed by atoms with E-state index in [1.54, 1.807) is 6.08 Å². The zero-order valence-corrected chi connectivity index (χ0v) is 34.1. The van der Waals surface area contributed by atoms with Crippen LogP contribution in [0, 0.1) is 0 Å². The molecular formula is C43H85NO5S. The molecule has 0 spiro atoms. The van der Waals surface area contributed by atoms with Gasteiger partial charge in [-0.05, 0) is 19.3 Å². The lowest BCUT2D eigenvalue weighted by Crippen LogP contribution is -2.46. The van der Waals surface area contributed by atoms with Gasteiger partial charge < -0.3 is 10.4 Å². The standard InChI is InChI=1S/C43H85NO5S/c1-3-5-7-9-11-13-15-17-18-19-20-21-22-23-24-25-27-29-31-33-35-37-39-43(46)44-41(40-50(47,48)49)42(45)38-36-34-32-30-28-26-16-14-12-10-8-6-4-2/h36,38,41-42,45H,3-35,37,39-40H2,1-2H3,(H,44,46)(H,47,48,49)/b38-36+. The summed E-state index contributed by atoms with van der Waals surface area (Å²) in [6, 6.07) is -1.05. The molecule has 0 saturated heterocycles. The third-order valence-corrected chi connectivity index (χ3v) is 11.0. The van der Waals surface area contributed by atoms with Gasteiger partial charge in [0, 0.05) is 6.42 Å². The molecule has 0 aromatic rings. The van der Waals surface area contributed by atoms with E-state index < -0.39 is 28.0 Å². The lowest BCUT2D eigenvalue weighted by Gasteiger charge is -2.21. The molecule has 0 aromatic carbocycles. The normalized spacial score (nSPS) is 13.3. The minimum Gasteiger partial charge on any atom is -0.387 e. The van der Waals surface area contributed by atoms with Crippen LogP contribution in [0.1, 0.15) is 239 Å². The fraction of sp³-hybridized carbons (Fsp3) is 0.930. The van der Waals surface area contributed by atoms with E-state index in [0.29, 0.717) is 6.42 Å². The van der Waals surface area contributed by atoms with Crippen molar-refractivity contribution in [3.05, 3.63) is 12.2 Å². The van der Waals surface area contributed by atoms with Crippen LogP contribution in [0.2, 0.25) is 0 Å². The molecule has 0 aliphatic rings. The van der Waals surface area contributed by atoms with Gasteiger partial charge in [0.05, 0.1) is 17.9 Å². The van der Waals surface area contributed by atoms with Gasteiger partial charge in [0.2, 0.25) is 5.91 Å². The van der Waals surface area contributed by atoms with Gasteiger partial charge in [-0.15, -0.1) is 0 Å². The van der Waals surface area contributed by atoms with Crippen molar-refractivity contribution in [2.45, 2.75) is 251 Å². The van der Waals surface area contributed by atoms with Crippen molar-refractivity contribution in [2.24, 2.45) is 0 Å². The van der Waals surface area contributed by atoms with Crippen molar-refractivity contribution in [2.75, 3.05) is 5.75 Å². The molecular weight excluding hydrogens is 643 g/mol. The topological polar surface area (TPSA) is 104 Å². The van der Waals surface area contributed by atoms with Crippen molar-refractivity contribution in [1.29, 1.82) is 0 Å². The first-order chi connectivity index (χ1) is 24.3. The number of hydrogen-bond donors (Lipinski definition) is 3. The van der Waals surface area contributed by atoms with E-state index in [4.69, 9.17) is 0 Å². The Balaban J connectivity index is 3.78. The van der Waals surface area contributed by atoms with Gasteiger partial charge in [0.25, 0.3) is 10.1 Å². The number of amides is 1. The predicted molar refractivity (Wildman–Crippen MR) is 216 cm³/mol. The van der Waals surface area contributed by atoms with Crippen LogP contribution in [0.25, 0.3) is 0 Å². The number of hydrogen-bond acceptors (Lipinski definition) is 4. The molecule has 2 unspecified atom stereocenters. The Morgan fingerprint density at radius 2 is 0.820 bits per heavy atom. The second kappa shape index (κ2) is 37.8. The van der Waals surface area contributed by atoms with E-state index in [2.05, 4.69) is 19.2 Å². The SMILES string of the molecule is CCCCCCCCCCCCC/C=C/C(O)C(CS(=O)(=O)O)NC(=O)CCCCCCCCCCCCCCCCCCCCCCCC. The molecule has 0 saturated carbocycles. The van der Waals surface area contributed by atoms with Crippen LogP contribution in [0.4, 0.5) is 0 Å². The summed E-state index contributed by atoms with van der Waals surface area (Å²) in [5, 5.41) is 13.2. The van der Waals surface area contributed by atoms with Gasteiger partial charge in [-0.1, -0.05) is 225 Å². The molecule has 0 radical (unpaired) electrons. The summed E-state index contributed by atoms with van der Waals surface area (Å²) in [5.41, 5.74) is 0. The number of aliphatic hydroxyl groups is 1. The monoisotopic (exact) mass is 728 g/mol. The number of unbranched alkanes of at least 4 members (excludes halogenated alkanes) is 32. The smallest absolute Gasteiger partial charge is 0.267 e. The maximum atomic E-state index is 12.5. The average Bonchev–Trinajstić information content (AvgIpc) is 3.08. The Kier molecular flexibility index (Phi) is 37.1. The summed E-state index contributed by atoms with van der Waals surface area (Å²) < 4.78 is 32.5. The number of allylic oxidation sites excluding steroid dienone is 1. The first kappa shape index (κ1) is 49.1. The van der Waals surface area contributed by atoms with Gasteiger partial charge in [-0.2, -0.15) is 8.42 Å². The van der Waals surface area contributed by atoms with E-state index >= 15 is 0 Å². The fourth-order valence-electron chi connectivity index (χ4n) is 6.92. The Labute approximate surface area is 312 Å². The molecule has 0 heterocycles. The number of carbonyl (C=O) groups excluding carboxylic acids is 1. The summed E-state index contributed by atoms with van der Waals surface area (Å²) >= 11 is 0. The van der Waals surface area contributed by atoms with Crippen LogP contribution >= 0.6 is 0 Å². The predicted octanol–water partition coefficient (Wildman–Crippen LogP) is 13.0. The van der Waals surface area contributed by atoms with E-state index in [-0.39, 0.29) is 5.91 Å². The number of nitrogens with one attached hydrogen (secondary N) is 1. The second-order valence-electron chi connectivity index (χ2n) is 15.3. The summed E-state index contributed by atoms with van der Waals surface area (Å²) in [6.45, 7) is 4.53. The van der Waals surface area contributed by atoms with Crippen LogP contribution in [-0.2, 0) is 14.9 Å². The fourth-order valence-corrected chi connectivity index (χ4v) is 7.66. The molecule has 0 aromatic heterocycles. The molecule has 0 aliphatic carbocycles. The quantitative estimate of drug-likeness (QED) is 0.0331. The van der Waals surface area contributed by atoms with Crippen LogP contribution < -0.4 is 5.32 Å². The minimum atomic E-state index is -4.34. The number of rotatable bonds is 40. The summed E-state index contributed by atoms with van der Waals surface area (Å²) in [5.74, 6) is -0.966. The zero-order valence-electron chi connectivity index (χ0n) is 33.3. The molecule has 0 aliphatic heterocycles. The van der Waals surface area contributed by atoms with Gasteiger partial charge in [-0.25, -0.2) is 0 Å². The van der Waals surface area contributed by atoms with E-state index in [0.717, 1.165) is 38.5 Å². The van der Waals surface area contributed by atoms with Crippen LogP contribution in [0.5, 0.6) is 0 Å². The Morgan fingerprint density at radius 1 is 0.520 bits per heavy atom. The van der Waals surface area contributed by atoms with Crippen molar-refractivity contribution < 1.29 is 22.9 Å². The third kappa shape index (κ3) is 38.3. The lowest BCUT2D eigenvalue weighted by atomic mass is 10.0.